The lowest BCUT2D eigenvalue weighted by Gasteiger charge is -2.15. The molecule has 1 rings (SSSR count). The standard InChI is InChI=1S/C11H20N4/c1-8(2)4-5-9(3)15-11-7-13-10(12)6-14-11/h6-9H,4-5H2,1-3H3,(H2,12,13)(H,14,15). The molecule has 1 aromatic heterocycles. The minimum Gasteiger partial charge on any atom is -0.382 e. The van der Waals surface area contributed by atoms with Gasteiger partial charge in [-0.15, -0.1) is 0 Å². The summed E-state index contributed by atoms with van der Waals surface area (Å²) in [6.07, 6.45) is 5.60. The first-order valence-electron chi connectivity index (χ1n) is 5.42. The molecule has 0 aromatic carbocycles. The molecular formula is C11H20N4. The van der Waals surface area contributed by atoms with E-state index in [9.17, 15) is 0 Å². The van der Waals surface area contributed by atoms with Crippen molar-refractivity contribution in [2.75, 3.05) is 11.1 Å². The van der Waals surface area contributed by atoms with E-state index in [4.69, 9.17) is 5.73 Å². The minimum atomic E-state index is 0.422. The van der Waals surface area contributed by atoms with Gasteiger partial charge in [-0.25, -0.2) is 9.97 Å². The van der Waals surface area contributed by atoms with Crippen molar-refractivity contribution in [3.63, 3.8) is 0 Å². The normalized spacial score (nSPS) is 12.8. The highest BCUT2D eigenvalue weighted by molar-refractivity contribution is 5.36. The number of nitrogen functional groups attached to an aromatic ring is 1. The lowest BCUT2D eigenvalue weighted by atomic mass is 10.0. The third-order valence-corrected chi connectivity index (χ3v) is 2.24. The van der Waals surface area contributed by atoms with E-state index in [0.717, 1.165) is 18.2 Å². The molecule has 84 valence electrons. The number of nitrogens with one attached hydrogen (secondary N) is 1. The van der Waals surface area contributed by atoms with Gasteiger partial charge < -0.3 is 11.1 Å². The second-order valence-electron chi connectivity index (χ2n) is 4.34. The van der Waals surface area contributed by atoms with E-state index in [2.05, 4.69) is 36.1 Å². The van der Waals surface area contributed by atoms with E-state index in [1.807, 2.05) is 0 Å². The van der Waals surface area contributed by atoms with Crippen LogP contribution in [0.3, 0.4) is 0 Å². The van der Waals surface area contributed by atoms with Crippen molar-refractivity contribution < 1.29 is 0 Å². The van der Waals surface area contributed by atoms with Crippen molar-refractivity contribution in [2.45, 2.75) is 39.7 Å². The molecule has 1 aromatic rings. The lowest BCUT2D eigenvalue weighted by molar-refractivity contribution is 0.527. The number of nitrogens with two attached hydrogens (primary N) is 1. The molecule has 3 N–H and O–H groups in total. The topological polar surface area (TPSA) is 63.8 Å². The summed E-state index contributed by atoms with van der Waals surface area (Å²) in [5.41, 5.74) is 5.45. The van der Waals surface area contributed by atoms with Gasteiger partial charge in [0.2, 0.25) is 0 Å². The van der Waals surface area contributed by atoms with Crippen LogP contribution < -0.4 is 11.1 Å². The maximum Gasteiger partial charge on any atom is 0.144 e. The first-order valence-corrected chi connectivity index (χ1v) is 5.42. The Bertz CT molecular complexity index is 281. The van der Waals surface area contributed by atoms with E-state index in [0.29, 0.717) is 11.9 Å². The van der Waals surface area contributed by atoms with Gasteiger partial charge in [0.25, 0.3) is 0 Å². The van der Waals surface area contributed by atoms with Crippen LogP contribution in [0.1, 0.15) is 33.6 Å². The summed E-state index contributed by atoms with van der Waals surface area (Å²) in [7, 11) is 0. The minimum absolute atomic E-state index is 0.422. The molecule has 0 aliphatic carbocycles. The van der Waals surface area contributed by atoms with Crippen molar-refractivity contribution in [2.24, 2.45) is 5.92 Å². The number of rotatable bonds is 5. The largest absolute Gasteiger partial charge is 0.382 e. The molecule has 0 aliphatic heterocycles. The molecule has 1 heterocycles. The van der Waals surface area contributed by atoms with Gasteiger partial charge >= 0.3 is 0 Å². The summed E-state index contributed by atoms with van der Waals surface area (Å²) in [6.45, 7) is 6.62. The van der Waals surface area contributed by atoms with Crippen LogP contribution in [0.15, 0.2) is 12.4 Å². The van der Waals surface area contributed by atoms with Gasteiger partial charge in [-0.2, -0.15) is 0 Å². The van der Waals surface area contributed by atoms with Crippen LogP contribution in [-0.2, 0) is 0 Å². The maximum atomic E-state index is 5.45. The van der Waals surface area contributed by atoms with Crippen molar-refractivity contribution in [1.29, 1.82) is 0 Å². The molecule has 0 saturated heterocycles. The highest BCUT2D eigenvalue weighted by Gasteiger charge is 2.04. The maximum absolute atomic E-state index is 5.45. The summed E-state index contributed by atoms with van der Waals surface area (Å²) < 4.78 is 0. The molecule has 1 atom stereocenters. The highest BCUT2D eigenvalue weighted by Crippen LogP contribution is 2.10. The van der Waals surface area contributed by atoms with Crippen LogP contribution in [0.4, 0.5) is 11.6 Å². The molecule has 0 amide bonds. The molecule has 4 nitrogen and oxygen atoms in total. The van der Waals surface area contributed by atoms with Crippen molar-refractivity contribution in [1.82, 2.24) is 9.97 Å². The van der Waals surface area contributed by atoms with Crippen LogP contribution in [0.25, 0.3) is 0 Å². The van der Waals surface area contributed by atoms with Gasteiger partial charge in [0.15, 0.2) is 0 Å². The quantitative estimate of drug-likeness (QED) is 0.779. The zero-order valence-electron chi connectivity index (χ0n) is 9.70. The Hall–Kier alpha value is -1.32. The predicted molar refractivity (Wildman–Crippen MR) is 63.6 cm³/mol. The number of hydrogen-bond acceptors (Lipinski definition) is 4. The van der Waals surface area contributed by atoms with Crippen molar-refractivity contribution in [3.05, 3.63) is 12.4 Å². The van der Waals surface area contributed by atoms with E-state index in [1.54, 1.807) is 12.4 Å². The van der Waals surface area contributed by atoms with Gasteiger partial charge in [-0.05, 0) is 25.7 Å². The molecule has 0 spiro atoms. The van der Waals surface area contributed by atoms with Gasteiger partial charge in [0.05, 0.1) is 12.4 Å². The molecule has 0 radical (unpaired) electrons. The van der Waals surface area contributed by atoms with Gasteiger partial charge in [0.1, 0.15) is 11.6 Å². The Kier molecular flexibility index (Phi) is 4.34. The van der Waals surface area contributed by atoms with Crippen LogP contribution in [0.5, 0.6) is 0 Å². The van der Waals surface area contributed by atoms with Gasteiger partial charge in [-0.3, -0.25) is 0 Å². The molecular weight excluding hydrogens is 188 g/mol. The number of anilines is 2. The SMILES string of the molecule is CC(C)CCC(C)Nc1cnc(N)cn1. The average molecular weight is 208 g/mol. The average Bonchev–Trinajstić information content (AvgIpc) is 2.19. The summed E-state index contributed by atoms with van der Waals surface area (Å²) >= 11 is 0. The van der Waals surface area contributed by atoms with Gasteiger partial charge in [0, 0.05) is 6.04 Å². The van der Waals surface area contributed by atoms with E-state index in [1.165, 1.54) is 6.42 Å². The van der Waals surface area contributed by atoms with Crippen LogP contribution >= 0.6 is 0 Å². The second kappa shape index (κ2) is 5.53. The van der Waals surface area contributed by atoms with Crippen molar-refractivity contribution >= 4 is 11.6 Å². The Morgan fingerprint density at radius 3 is 2.47 bits per heavy atom. The Morgan fingerprint density at radius 1 is 1.20 bits per heavy atom. The monoisotopic (exact) mass is 208 g/mol. The summed E-state index contributed by atoms with van der Waals surface area (Å²) in [6, 6.07) is 0.422. The number of nitrogens with zero attached hydrogens (tertiary/aromatic N) is 2. The third-order valence-electron chi connectivity index (χ3n) is 2.24. The molecule has 0 fully saturated rings. The van der Waals surface area contributed by atoms with E-state index >= 15 is 0 Å². The fourth-order valence-electron chi connectivity index (χ4n) is 1.32. The zero-order valence-corrected chi connectivity index (χ0v) is 9.70. The molecule has 0 saturated carbocycles. The fourth-order valence-corrected chi connectivity index (χ4v) is 1.32. The Morgan fingerprint density at radius 2 is 1.93 bits per heavy atom. The van der Waals surface area contributed by atoms with Gasteiger partial charge in [-0.1, -0.05) is 13.8 Å². The summed E-state index contributed by atoms with van der Waals surface area (Å²) in [5.74, 6) is 1.99. The van der Waals surface area contributed by atoms with Crippen LogP contribution in [0.2, 0.25) is 0 Å². The lowest BCUT2D eigenvalue weighted by Crippen LogP contribution is -2.16. The summed E-state index contributed by atoms with van der Waals surface area (Å²) in [5, 5.41) is 3.30. The summed E-state index contributed by atoms with van der Waals surface area (Å²) in [4.78, 5) is 8.13. The highest BCUT2D eigenvalue weighted by atomic mass is 15.0. The van der Waals surface area contributed by atoms with E-state index < -0.39 is 0 Å². The molecule has 4 heteroatoms. The fraction of sp³-hybridized carbons (Fsp3) is 0.636. The van der Waals surface area contributed by atoms with Crippen LogP contribution in [0, 0.1) is 5.92 Å². The Balaban J connectivity index is 2.37. The number of aromatic nitrogens is 2. The molecule has 0 bridgehead atoms. The first-order chi connectivity index (χ1) is 7.08. The molecule has 15 heavy (non-hydrogen) atoms. The van der Waals surface area contributed by atoms with Crippen molar-refractivity contribution in [3.8, 4) is 0 Å². The Labute approximate surface area is 91.3 Å². The predicted octanol–water partition coefficient (Wildman–Crippen LogP) is 2.30. The second-order valence-corrected chi connectivity index (χ2v) is 4.34. The van der Waals surface area contributed by atoms with E-state index in [-0.39, 0.29) is 0 Å². The zero-order chi connectivity index (χ0) is 11.3. The number of hydrogen-bond donors (Lipinski definition) is 2. The molecule has 1 unspecified atom stereocenters. The first kappa shape index (κ1) is 11.8. The molecule has 0 aliphatic rings. The smallest absolute Gasteiger partial charge is 0.144 e. The third kappa shape index (κ3) is 4.63. The van der Waals surface area contributed by atoms with Crippen LogP contribution in [-0.4, -0.2) is 16.0 Å².